The Bertz CT molecular complexity index is 1870. The molecule has 2 aromatic rings. The first kappa shape index (κ1) is 56.5. The van der Waals surface area contributed by atoms with Crippen LogP contribution < -0.4 is 0 Å². The first-order valence-electron chi connectivity index (χ1n) is 23.8. The Labute approximate surface area is 403 Å². The Balaban J connectivity index is 2.25. The summed E-state index contributed by atoms with van der Waals surface area (Å²) in [5, 5.41) is 0. The molecule has 0 aliphatic carbocycles. The van der Waals surface area contributed by atoms with Gasteiger partial charge in [-0.2, -0.15) is 0 Å². The van der Waals surface area contributed by atoms with E-state index in [4.69, 9.17) is 18.9 Å². The fourth-order valence-electron chi connectivity index (χ4n) is 8.14. The first-order valence-corrected chi connectivity index (χ1v) is 23.8. The molecule has 68 heavy (non-hydrogen) atoms. The monoisotopic (exact) mass is 949 g/mol. The van der Waals surface area contributed by atoms with Crippen LogP contribution in [0.5, 0.6) is 0 Å². The summed E-state index contributed by atoms with van der Waals surface area (Å²) in [5.74, 6) is -7.13. The van der Waals surface area contributed by atoms with Gasteiger partial charge < -0.3 is 38.5 Å². The first-order chi connectivity index (χ1) is 31.8. The molecule has 3 rings (SSSR count). The lowest BCUT2D eigenvalue weighted by molar-refractivity contribution is -0.176. The maximum atomic E-state index is 14.6. The number of likely N-dealkylation sites (N-methyl/N-ethyl adjacent to an activating group) is 4. The molecular weight excluding hydrogens is 873 g/mol. The van der Waals surface area contributed by atoms with Gasteiger partial charge in [0.1, 0.15) is 24.2 Å². The number of hydrogen-bond acceptors (Lipinski definition) is 12. The second kappa shape index (κ2) is 26.1. The Morgan fingerprint density at radius 2 is 0.618 bits per heavy atom. The summed E-state index contributed by atoms with van der Waals surface area (Å²) in [6.07, 6.45) is -5.56. The summed E-state index contributed by atoms with van der Waals surface area (Å²) in [6.45, 7) is 17.5. The standard InChI is InChI=1S/C52H76N4O12/c1-31(2)25-39-49(61)65-35(9)45(57)53(11)42(28-34(7)8)52(64)68-44(30-38-23-19-16-20-24-38)48(60)56(14)40(26-32(3)4)50(62)66-36(10)46(58)54(12)41(27-33(5)6)51(63)67-43(47(59)55(39)13)29-37-21-17-15-18-22-37/h15-24,31-36,39-44H,25-30H2,1-14H3/t35-,36-,39+,40?,41+,42+,43-,44-/m1/s1. The molecule has 1 aliphatic rings. The number of benzene rings is 2. The third-order valence-electron chi connectivity index (χ3n) is 12.0. The fraction of sp³-hybridized carbons (Fsp3) is 0.615. The van der Waals surface area contributed by atoms with Gasteiger partial charge in [0.05, 0.1) is 0 Å². The van der Waals surface area contributed by atoms with E-state index in [1.54, 1.807) is 60.7 Å². The van der Waals surface area contributed by atoms with Crippen molar-refractivity contribution in [3.8, 4) is 0 Å². The molecule has 0 aromatic heterocycles. The van der Waals surface area contributed by atoms with E-state index in [1.807, 2.05) is 55.4 Å². The minimum Gasteiger partial charge on any atom is -0.451 e. The third-order valence-corrected chi connectivity index (χ3v) is 12.0. The van der Waals surface area contributed by atoms with Crippen molar-refractivity contribution < 1.29 is 57.3 Å². The van der Waals surface area contributed by atoms with Crippen LogP contribution in [-0.2, 0) is 70.1 Å². The van der Waals surface area contributed by atoms with Gasteiger partial charge in [0.25, 0.3) is 23.6 Å². The Kier molecular flexibility index (Phi) is 21.7. The number of cyclic esters (lactones) is 4. The van der Waals surface area contributed by atoms with E-state index in [0.29, 0.717) is 11.1 Å². The predicted octanol–water partition coefficient (Wildman–Crippen LogP) is 5.66. The molecule has 0 saturated carbocycles. The molecule has 16 nitrogen and oxygen atoms in total. The van der Waals surface area contributed by atoms with Crippen LogP contribution >= 0.6 is 0 Å². The average molecular weight is 949 g/mol. The van der Waals surface area contributed by atoms with Crippen molar-refractivity contribution in [2.24, 2.45) is 23.7 Å². The fourth-order valence-corrected chi connectivity index (χ4v) is 8.14. The molecule has 376 valence electrons. The minimum atomic E-state index is -1.47. The van der Waals surface area contributed by atoms with E-state index < -0.39 is 96.1 Å². The normalized spacial score (nSPS) is 25.2. The highest BCUT2D eigenvalue weighted by Gasteiger charge is 2.43. The van der Waals surface area contributed by atoms with Crippen molar-refractivity contribution in [2.75, 3.05) is 28.2 Å². The third kappa shape index (κ3) is 16.2. The summed E-state index contributed by atoms with van der Waals surface area (Å²) >= 11 is 0. The van der Waals surface area contributed by atoms with Crippen molar-refractivity contribution in [2.45, 2.75) is 156 Å². The zero-order chi connectivity index (χ0) is 51.2. The average Bonchev–Trinajstić information content (AvgIpc) is 3.28. The van der Waals surface area contributed by atoms with Gasteiger partial charge in [0.15, 0.2) is 24.4 Å². The molecule has 0 radical (unpaired) electrons. The highest BCUT2D eigenvalue weighted by molar-refractivity contribution is 5.94. The number of rotatable bonds is 12. The molecule has 8 atom stereocenters. The number of carbonyl (C=O) groups excluding carboxylic acids is 8. The lowest BCUT2D eigenvalue weighted by Crippen LogP contribution is -2.55. The molecule has 16 heteroatoms. The highest BCUT2D eigenvalue weighted by Crippen LogP contribution is 2.24. The molecule has 0 N–H and O–H groups in total. The SMILES string of the molecule is CC(C)CC1C(=O)O[C@H](C)C(=O)N(C)[C@@H](CC(C)C)C(=O)O[C@H](Cc2ccccc2)C(=O)N(C)[C@@H](CC(C)C)C(=O)O[C@H](C)C(=O)N(C)[C@@H](CC(C)C)C(=O)O[C@H](Cc2ccccc2)C(=O)N1C. The molecular formula is C52H76N4O12. The molecule has 0 bridgehead atoms. The quantitative estimate of drug-likeness (QED) is 0.188. The lowest BCUT2D eigenvalue weighted by Gasteiger charge is -2.35. The van der Waals surface area contributed by atoms with E-state index >= 15 is 0 Å². The van der Waals surface area contributed by atoms with E-state index in [2.05, 4.69) is 0 Å². The number of esters is 4. The van der Waals surface area contributed by atoms with Crippen LogP contribution in [0.1, 0.15) is 106 Å². The smallest absolute Gasteiger partial charge is 0.329 e. The van der Waals surface area contributed by atoms with Crippen LogP contribution in [0.2, 0.25) is 0 Å². The van der Waals surface area contributed by atoms with Gasteiger partial charge in [-0.25, -0.2) is 19.2 Å². The van der Waals surface area contributed by atoms with Crippen molar-refractivity contribution in [1.29, 1.82) is 0 Å². The Hall–Kier alpha value is -5.80. The maximum absolute atomic E-state index is 14.6. The predicted molar refractivity (Wildman–Crippen MR) is 255 cm³/mol. The topological polar surface area (TPSA) is 186 Å². The molecule has 1 aliphatic heterocycles. The number of carbonyl (C=O) groups is 8. The van der Waals surface area contributed by atoms with Crippen molar-refractivity contribution >= 4 is 47.5 Å². The molecule has 1 saturated heterocycles. The van der Waals surface area contributed by atoms with Crippen LogP contribution in [0.3, 0.4) is 0 Å². The van der Waals surface area contributed by atoms with Gasteiger partial charge >= 0.3 is 23.9 Å². The lowest BCUT2D eigenvalue weighted by atomic mass is 10.00. The molecule has 2 aromatic carbocycles. The van der Waals surface area contributed by atoms with Gasteiger partial charge in [-0.1, -0.05) is 116 Å². The highest BCUT2D eigenvalue weighted by atomic mass is 16.6. The van der Waals surface area contributed by atoms with Crippen LogP contribution in [0.25, 0.3) is 0 Å². The molecule has 0 spiro atoms. The number of ether oxygens (including phenoxy) is 4. The number of hydrogen-bond donors (Lipinski definition) is 0. The van der Waals surface area contributed by atoms with Gasteiger partial charge in [-0.15, -0.1) is 0 Å². The van der Waals surface area contributed by atoms with E-state index in [0.717, 1.165) is 19.6 Å². The van der Waals surface area contributed by atoms with Gasteiger partial charge in [-0.05, 0) is 74.3 Å². The summed E-state index contributed by atoms with van der Waals surface area (Å²) in [5.41, 5.74) is 1.30. The summed E-state index contributed by atoms with van der Waals surface area (Å²) in [4.78, 5) is 119. The van der Waals surface area contributed by atoms with Crippen LogP contribution in [0.4, 0.5) is 0 Å². The molecule has 1 fully saturated rings. The van der Waals surface area contributed by atoms with Gasteiger partial charge in [-0.3, -0.25) is 19.2 Å². The van der Waals surface area contributed by atoms with Crippen LogP contribution in [0.15, 0.2) is 60.7 Å². The van der Waals surface area contributed by atoms with E-state index in [-0.39, 0.29) is 62.2 Å². The Morgan fingerprint density at radius 3 is 0.868 bits per heavy atom. The summed E-state index contributed by atoms with van der Waals surface area (Å²) < 4.78 is 23.8. The molecule has 1 heterocycles. The molecule has 1 unspecified atom stereocenters. The maximum Gasteiger partial charge on any atom is 0.329 e. The number of amides is 4. The zero-order valence-corrected chi connectivity index (χ0v) is 42.6. The largest absolute Gasteiger partial charge is 0.451 e. The van der Waals surface area contributed by atoms with Crippen molar-refractivity contribution in [3.63, 3.8) is 0 Å². The Morgan fingerprint density at radius 1 is 0.382 bits per heavy atom. The van der Waals surface area contributed by atoms with E-state index in [1.165, 1.54) is 42.0 Å². The van der Waals surface area contributed by atoms with Gasteiger partial charge in [0, 0.05) is 41.0 Å². The van der Waals surface area contributed by atoms with Crippen LogP contribution in [0, 0.1) is 23.7 Å². The second-order valence-corrected chi connectivity index (χ2v) is 19.8. The number of nitrogens with zero attached hydrogens (tertiary/aromatic N) is 4. The summed E-state index contributed by atoms with van der Waals surface area (Å²) in [6, 6.07) is 12.7. The molecule has 4 amide bonds. The van der Waals surface area contributed by atoms with Gasteiger partial charge in [0.2, 0.25) is 0 Å². The second-order valence-electron chi connectivity index (χ2n) is 19.8. The summed E-state index contributed by atoms with van der Waals surface area (Å²) in [7, 11) is 5.56. The minimum absolute atomic E-state index is 0.0814. The van der Waals surface area contributed by atoms with E-state index in [9.17, 15) is 38.4 Å². The van der Waals surface area contributed by atoms with Crippen molar-refractivity contribution in [3.05, 3.63) is 71.8 Å². The van der Waals surface area contributed by atoms with Crippen LogP contribution in [-0.4, -0.2) is 144 Å². The van der Waals surface area contributed by atoms with Crippen molar-refractivity contribution in [1.82, 2.24) is 19.6 Å². The zero-order valence-electron chi connectivity index (χ0n) is 42.6.